The molecule has 1 amide bonds. The van der Waals surface area contributed by atoms with Gasteiger partial charge in [-0.05, 0) is 43.4 Å². The van der Waals surface area contributed by atoms with E-state index in [2.05, 4.69) is 10.4 Å². The second kappa shape index (κ2) is 8.44. The molecule has 0 spiro atoms. The van der Waals surface area contributed by atoms with Gasteiger partial charge in [0.2, 0.25) is 0 Å². The van der Waals surface area contributed by atoms with Crippen molar-refractivity contribution in [3.63, 3.8) is 0 Å². The number of carbonyl (C=O) groups is 1. The zero-order valence-electron chi connectivity index (χ0n) is 16.2. The van der Waals surface area contributed by atoms with Crippen LogP contribution in [0.25, 0.3) is 5.57 Å². The summed E-state index contributed by atoms with van der Waals surface area (Å²) in [5, 5.41) is 6.90. The first-order chi connectivity index (χ1) is 13.7. The number of anilines is 1. The van der Waals surface area contributed by atoms with E-state index in [1.165, 1.54) is 24.3 Å². The largest absolute Gasteiger partial charge is 0.305 e. The summed E-state index contributed by atoms with van der Waals surface area (Å²) in [6.45, 7) is 2.55. The zero-order valence-corrected chi connectivity index (χ0v) is 17.0. The van der Waals surface area contributed by atoms with Gasteiger partial charge in [-0.25, -0.2) is 17.2 Å². The van der Waals surface area contributed by atoms with Crippen molar-refractivity contribution in [1.29, 1.82) is 0 Å². The molecule has 29 heavy (non-hydrogen) atoms. The molecule has 1 heterocycles. The molecule has 1 N–H and O–H groups in total. The van der Waals surface area contributed by atoms with Gasteiger partial charge in [-0.15, -0.1) is 0 Å². The van der Waals surface area contributed by atoms with Crippen LogP contribution < -0.4 is 5.32 Å². The Kier molecular flexibility index (Phi) is 6.16. The van der Waals surface area contributed by atoms with Crippen LogP contribution in [0.1, 0.15) is 25.3 Å². The molecule has 3 rings (SSSR count). The van der Waals surface area contributed by atoms with Gasteiger partial charge in [0.05, 0.1) is 4.90 Å². The first kappa shape index (κ1) is 21.2. The Morgan fingerprint density at radius 3 is 2.34 bits per heavy atom. The van der Waals surface area contributed by atoms with Gasteiger partial charge in [0.25, 0.3) is 5.91 Å². The Bertz CT molecular complexity index is 1010. The Morgan fingerprint density at radius 1 is 1.21 bits per heavy atom. The van der Waals surface area contributed by atoms with Crippen molar-refractivity contribution in [2.45, 2.75) is 43.5 Å². The average molecular weight is 423 g/mol. The molecule has 156 valence electrons. The van der Waals surface area contributed by atoms with Crippen molar-refractivity contribution in [2.24, 2.45) is 5.92 Å². The Hall–Kier alpha value is -2.55. The molecule has 1 saturated carbocycles. The van der Waals surface area contributed by atoms with E-state index >= 15 is 0 Å². The van der Waals surface area contributed by atoms with E-state index in [0.29, 0.717) is 17.9 Å². The van der Waals surface area contributed by atoms with E-state index < -0.39 is 34.0 Å². The fourth-order valence-corrected chi connectivity index (χ4v) is 3.95. The predicted octanol–water partition coefficient (Wildman–Crippen LogP) is 3.41. The van der Waals surface area contributed by atoms with Crippen molar-refractivity contribution >= 4 is 27.1 Å². The van der Waals surface area contributed by atoms with Gasteiger partial charge in [0.15, 0.2) is 15.7 Å². The maximum absolute atomic E-state index is 13.6. The molecule has 1 fully saturated rings. The average Bonchev–Trinajstić information content (AvgIpc) is 3.25. The number of sulfone groups is 1. The lowest BCUT2D eigenvalue weighted by atomic mass is 9.98. The highest BCUT2D eigenvalue weighted by molar-refractivity contribution is 7.90. The first-order valence-electron chi connectivity index (χ1n) is 9.32. The molecular weight excluding hydrogens is 400 g/mol. The third-order valence-corrected chi connectivity index (χ3v) is 6.02. The number of amides is 1. The standard InChI is InChI=1S/C20H23F2N3O3S/c1-3-25-9-8-19(24-25)23-20(26)16(10-13-11-17(21)18(22)12-13)14-4-6-15(7-5-14)29(2,27)28/h4-10,13,17-18H,3,11-12H2,1-2H3,(H,23,24,26)/b16-10+/t13-,17+,18-. The third-order valence-electron chi connectivity index (χ3n) is 4.90. The minimum Gasteiger partial charge on any atom is -0.305 e. The number of nitrogens with one attached hydrogen (secondary N) is 1. The Labute approximate surface area is 168 Å². The normalized spacial score (nSPS) is 22.6. The number of aryl methyl sites for hydroxylation is 1. The van der Waals surface area contributed by atoms with Crippen molar-refractivity contribution in [1.82, 2.24) is 9.78 Å². The molecule has 0 aliphatic heterocycles. The van der Waals surface area contributed by atoms with Crippen molar-refractivity contribution in [3.8, 4) is 0 Å². The molecular formula is C20H23F2N3O3S. The highest BCUT2D eigenvalue weighted by atomic mass is 32.2. The van der Waals surface area contributed by atoms with Crippen LogP contribution in [0.5, 0.6) is 0 Å². The number of halogens is 2. The van der Waals surface area contributed by atoms with E-state index in [1.807, 2.05) is 6.92 Å². The number of nitrogens with zero attached hydrogens (tertiary/aromatic N) is 2. The van der Waals surface area contributed by atoms with Crippen LogP contribution in [-0.4, -0.2) is 42.7 Å². The smallest absolute Gasteiger partial charge is 0.257 e. The number of carbonyl (C=O) groups excluding carboxylic acids is 1. The van der Waals surface area contributed by atoms with Crippen LogP contribution in [0.3, 0.4) is 0 Å². The minimum absolute atomic E-state index is 0.00380. The van der Waals surface area contributed by atoms with Crippen LogP contribution in [0.4, 0.5) is 14.6 Å². The molecule has 2 aromatic rings. The molecule has 0 bridgehead atoms. The molecule has 0 unspecified atom stereocenters. The SMILES string of the molecule is CCn1ccc(NC(=O)/C(=C/[C@H]2C[C@@H](F)[C@@H](F)C2)c2ccc(S(C)(=O)=O)cc2)n1. The number of aromatic nitrogens is 2. The predicted molar refractivity (Wildman–Crippen MR) is 107 cm³/mol. The molecule has 6 nitrogen and oxygen atoms in total. The van der Waals surface area contributed by atoms with Gasteiger partial charge in [0.1, 0.15) is 12.3 Å². The Morgan fingerprint density at radius 2 is 1.83 bits per heavy atom. The molecule has 3 atom stereocenters. The molecule has 9 heteroatoms. The molecule has 1 aromatic heterocycles. The van der Waals surface area contributed by atoms with Crippen LogP contribution >= 0.6 is 0 Å². The van der Waals surface area contributed by atoms with Crippen LogP contribution in [0, 0.1) is 5.92 Å². The quantitative estimate of drug-likeness (QED) is 0.722. The van der Waals surface area contributed by atoms with Gasteiger partial charge < -0.3 is 5.32 Å². The van der Waals surface area contributed by atoms with Gasteiger partial charge in [-0.2, -0.15) is 5.10 Å². The monoisotopic (exact) mass is 423 g/mol. The second-order valence-corrected chi connectivity index (χ2v) is 9.17. The van der Waals surface area contributed by atoms with Gasteiger partial charge in [0, 0.05) is 30.6 Å². The number of benzene rings is 1. The summed E-state index contributed by atoms with van der Waals surface area (Å²) < 4.78 is 52.2. The van der Waals surface area contributed by atoms with E-state index in [9.17, 15) is 22.0 Å². The number of hydrogen-bond donors (Lipinski definition) is 1. The third kappa shape index (κ3) is 5.09. The van der Waals surface area contributed by atoms with E-state index in [-0.39, 0.29) is 23.3 Å². The summed E-state index contributed by atoms with van der Waals surface area (Å²) in [6, 6.07) is 7.49. The van der Waals surface area contributed by atoms with Crippen LogP contribution in [-0.2, 0) is 21.2 Å². The van der Waals surface area contributed by atoms with Crippen LogP contribution in [0.15, 0.2) is 47.5 Å². The van der Waals surface area contributed by atoms with E-state index in [1.54, 1.807) is 23.0 Å². The van der Waals surface area contributed by atoms with Gasteiger partial charge in [-0.3, -0.25) is 9.48 Å². The van der Waals surface area contributed by atoms with E-state index in [0.717, 1.165) is 6.26 Å². The maximum Gasteiger partial charge on any atom is 0.257 e. The summed E-state index contributed by atoms with van der Waals surface area (Å²) >= 11 is 0. The summed E-state index contributed by atoms with van der Waals surface area (Å²) in [4.78, 5) is 13.0. The summed E-state index contributed by atoms with van der Waals surface area (Å²) in [7, 11) is -3.38. The zero-order chi connectivity index (χ0) is 21.2. The summed E-state index contributed by atoms with van der Waals surface area (Å²) in [6.07, 6.45) is 1.29. The summed E-state index contributed by atoms with van der Waals surface area (Å²) in [5.41, 5.74) is 0.685. The topological polar surface area (TPSA) is 81.1 Å². The highest BCUT2D eigenvalue weighted by Gasteiger charge is 2.34. The van der Waals surface area contributed by atoms with Crippen LogP contribution in [0.2, 0.25) is 0 Å². The second-order valence-electron chi connectivity index (χ2n) is 7.15. The molecule has 0 radical (unpaired) electrons. The molecule has 1 aromatic carbocycles. The van der Waals surface area contributed by atoms with Gasteiger partial charge in [-0.1, -0.05) is 18.2 Å². The lowest BCUT2D eigenvalue weighted by molar-refractivity contribution is -0.111. The van der Waals surface area contributed by atoms with Crippen molar-refractivity contribution < 1.29 is 22.0 Å². The lowest BCUT2D eigenvalue weighted by Gasteiger charge is -2.11. The first-order valence-corrected chi connectivity index (χ1v) is 11.2. The minimum atomic E-state index is -3.38. The van der Waals surface area contributed by atoms with E-state index in [4.69, 9.17) is 0 Å². The maximum atomic E-state index is 13.6. The Balaban J connectivity index is 1.91. The fourth-order valence-electron chi connectivity index (χ4n) is 3.31. The molecule has 0 saturated heterocycles. The van der Waals surface area contributed by atoms with Crippen molar-refractivity contribution in [3.05, 3.63) is 48.2 Å². The highest BCUT2D eigenvalue weighted by Crippen LogP contribution is 2.34. The molecule has 1 aliphatic carbocycles. The summed E-state index contributed by atoms with van der Waals surface area (Å²) in [5.74, 6) is -0.548. The molecule has 1 aliphatic rings. The lowest BCUT2D eigenvalue weighted by Crippen LogP contribution is -2.15. The van der Waals surface area contributed by atoms with Crippen molar-refractivity contribution in [2.75, 3.05) is 11.6 Å². The number of rotatable bonds is 6. The number of allylic oxidation sites excluding steroid dienone is 1. The fraction of sp³-hybridized carbons (Fsp3) is 0.400. The number of alkyl halides is 2. The van der Waals surface area contributed by atoms with Gasteiger partial charge >= 0.3 is 0 Å². The number of hydrogen-bond acceptors (Lipinski definition) is 4.